The third-order valence-electron chi connectivity index (χ3n) is 2.98. The molecule has 0 fully saturated rings. The van der Waals surface area contributed by atoms with Crippen LogP contribution in [0.5, 0.6) is 5.75 Å². The van der Waals surface area contributed by atoms with E-state index in [4.69, 9.17) is 10.5 Å². The fourth-order valence-electron chi connectivity index (χ4n) is 2.14. The summed E-state index contributed by atoms with van der Waals surface area (Å²) in [6.07, 6.45) is 0.313. The van der Waals surface area contributed by atoms with E-state index in [0.717, 1.165) is 0 Å². The second kappa shape index (κ2) is 6.33. The molecule has 106 valence electrons. The standard InChI is InChI=1S/C15H14BrF2NO/c1-20-14-4-2-3-12(18)15(14)13(19)7-9-5-10(16)8-11(17)6-9/h2-6,8,13H,7,19H2,1H3. The molecule has 20 heavy (non-hydrogen) atoms. The predicted molar refractivity (Wildman–Crippen MR) is 77.7 cm³/mol. The third-order valence-corrected chi connectivity index (χ3v) is 3.44. The van der Waals surface area contributed by atoms with Gasteiger partial charge in [-0.2, -0.15) is 0 Å². The van der Waals surface area contributed by atoms with Crippen LogP contribution in [0.4, 0.5) is 8.78 Å². The molecular formula is C15H14BrF2NO. The van der Waals surface area contributed by atoms with Gasteiger partial charge in [0.15, 0.2) is 0 Å². The molecule has 0 aliphatic carbocycles. The van der Waals surface area contributed by atoms with Crippen LogP contribution >= 0.6 is 15.9 Å². The molecule has 0 spiro atoms. The van der Waals surface area contributed by atoms with Crippen LogP contribution < -0.4 is 10.5 Å². The van der Waals surface area contributed by atoms with Gasteiger partial charge in [0.1, 0.15) is 17.4 Å². The molecule has 2 aromatic rings. The Morgan fingerprint density at radius 1 is 1.25 bits per heavy atom. The van der Waals surface area contributed by atoms with Crippen molar-refractivity contribution in [1.29, 1.82) is 0 Å². The molecule has 5 heteroatoms. The Hall–Kier alpha value is -1.46. The van der Waals surface area contributed by atoms with E-state index in [1.165, 1.54) is 25.3 Å². The second-order valence-corrected chi connectivity index (χ2v) is 5.36. The molecule has 2 nitrogen and oxygen atoms in total. The van der Waals surface area contributed by atoms with Crippen LogP contribution in [0, 0.1) is 11.6 Å². The highest BCUT2D eigenvalue weighted by atomic mass is 79.9. The summed E-state index contributed by atoms with van der Waals surface area (Å²) >= 11 is 3.22. The van der Waals surface area contributed by atoms with E-state index >= 15 is 0 Å². The molecule has 0 saturated heterocycles. The molecule has 1 unspecified atom stereocenters. The first kappa shape index (κ1) is 14.9. The van der Waals surface area contributed by atoms with Crippen molar-refractivity contribution in [3.63, 3.8) is 0 Å². The summed E-state index contributed by atoms with van der Waals surface area (Å²) in [4.78, 5) is 0. The molecule has 0 radical (unpaired) electrons. The van der Waals surface area contributed by atoms with Crippen LogP contribution in [-0.2, 0) is 6.42 Å². The van der Waals surface area contributed by atoms with E-state index in [-0.39, 0.29) is 5.82 Å². The van der Waals surface area contributed by atoms with Crippen LogP contribution in [0.3, 0.4) is 0 Å². The number of benzene rings is 2. The van der Waals surface area contributed by atoms with Gasteiger partial charge >= 0.3 is 0 Å². The van der Waals surface area contributed by atoms with E-state index in [9.17, 15) is 8.78 Å². The molecule has 1 atom stereocenters. The van der Waals surface area contributed by atoms with Crippen molar-refractivity contribution >= 4 is 15.9 Å². The molecule has 0 aromatic heterocycles. The van der Waals surface area contributed by atoms with Crippen molar-refractivity contribution in [2.45, 2.75) is 12.5 Å². The molecule has 0 amide bonds. The lowest BCUT2D eigenvalue weighted by Crippen LogP contribution is -2.16. The van der Waals surface area contributed by atoms with Crippen molar-refractivity contribution in [2.24, 2.45) is 5.73 Å². The van der Waals surface area contributed by atoms with Crippen molar-refractivity contribution in [2.75, 3.05) is 7.11 Å². The number of methoxy groups -OCH3 is 1. The van der Waals surface area contributed by atoms with Crippen molar-refractivity contribution < 1.29 is 13.5 Å². The molecule has 0 bridgehead atoms. The van der Waals surface area contributed by atoms with Crippen LogP contribution in [-0.4, -0.2) is 7.11 Å². The smallest absolute Gasteiger partial charge is 0.131 e. The zero-order valence-electron chi connectivity index (χ0n) is 10.9. The van der Waals surface area contributed by atoms with Gasteiger partial charge in [-0.15, -0.1) is 0 Å². The lowest BCUT2D eigenvalue weighted by atomic mass is 9.98. The minimum atomic E-state index is -0.611. The average molecular weight is 342 g/mol. The molecule has 0 saturated carbocycles. The van der Waals surface area contributed by atoms with Crippen molar-refractivity contribution in [3.05, 3.63) is 63.6 Å². The van der Waals surface area contributed by atoms with Gasteiger partial charge in [-0.05, 0) is 42.3 Å². The van der Waals surface area contributed by atoms with E-state index in [1.807, 2.05) is 0 Å². The zero-order valence-corrected chi connectivity index (χ0v) is 12.5. The normalized spacial score (nSPS) is 12.2. The SMILES string of the molecule is COc1cccc(F)c1C(N)Cc1cc(F)cc(Br)c1. The minimum absolute atomic E-state index is 0.301. The Morgan fingerprint density at radius 2 is 2.00 bits per heavy atom. The summed E-state index contributed by atoms with van der Waals surface area (Å²) in [5.74, 6) is -0.387. The van der Waals surface area contributed by atoms with Gasteiger partial charge in [0.2, 0.25) is 0 Å². The van der Waals surface area contributed by atoms with Crippen LogP contribution in [0.2, 0.25) is 0 Å². The maximum absolute atomic E-state index is 13.9. The molecule has 2 aromatic carbocycles. The highest BCUT2D eigenvalue weighted by molar-refractivity contribution is 9.10. The fraction of sp³-hybridized carbons (Fsp3) is 0.200. The summed E-state index contributed by atoms with van der Waals surface area (Å²) in [6, 6.07) is 8.44. The van der Waals surface area contributed by atoms with Crippen LogP contribution in [0.25, 0.3) is 0 Å². The fourth-order valence-corrected chi connectivity index (χ4v) is 2.65. The molecule has 0 aliphatic heterocycles. The number of rotatable bonds is 4. The van der Waals surface area contributed by atoms with Crippen LogP contribution in [0.15, 0.2) is 40.9 Å². The summed E-state index contributed by atoms with van der Waals surface area (Å²) in [7, 11) is 1.46. The van der Waals surface area contributed by atoms with Crippen LogP contribution in [0.1, 0.15) is 17.2 Å². The number of ether oxygens (including phenoxy) is 1. The molecular weight excluding hydrogens is 328 g/mol. The Morgan fingerprint density at radius 3 is 2.65 bits per heavy atom. The molecule has 0 heterocycles. The maximum atomic E-state index is 13.9. The lowest BCUT2D eigenvalue weighted by molar-refractivity contribution is 0.399. The zero-order chi connectivity index (χ0) is 14.7. The topological polar surface area (TPSA) is 35.2 Å². The number of nitrogens with two attached hydrogens (primary N) is 1. The largest absolute Gasteiger partial charge is 0.496 e. The summed E-state index contributed by atoms with van der Waals surface area (Å²) in [5.41, 5.74) is 7.04. The first-order valence-corrected chi connectivity index (χ1v) is 6.83. The number of hydrogen-bond acceptors (Lipinski definition) is 2. The van der Waals surface area contributed by atoms with E-state index < -0.39 is 11.9 Å². The number of halogens is 3. The van der Waals surface area contributed by atoms with Gasteiger partial charge in [-0.25, -0.2) is 8.78 Å². The Balaban J connectivity index is 2.30. The highest BCUT2D eigenvalue weighted by Gasteiger charge is 2.17. The first-order chi connectivity index (χ1) is 9.51. The van der Waals surface area contributed by atoms with Gasteiger partial charge < -0.3 is 10.5 Å². The number of hydrogen-bond donors (Lipinski definition) is 1. The van der Waals surface area contributed by atoms with E-state index in [1.54, 1.807) is 18.2 Å². The maximum Gasteiger partial charge on any atom is 0.131 e. The predicted octanol–water partition coefficient (Wildman–Crippen LogP) is 3.98. The molecule has 2 rings (SSSR count). The summed E-state index contributed by atoms with van der Waals surface area (Å²) in [5, 5.41) is 0. The van der Waals surface area contributed by atoms with Gasteiger partial charge in [0, 0.05) is 16.1 Å². The third kappa shape index (κ3) is 3.35. The van der Waals surface area contributed by atoms with Gasteiger partial charge in [-0.1, -0.05) is 22.0 Å². The average Bonchev–Trinajstić information content (AvgIpc) is 2.36. The quantitative estimate of drug-likeness (QED) is 0.912. The summed E-state index contributed by atoms with van der Waals surface area (Å²) < 4.78 is 33.0. The Kier molecular flexibility index (Phi) is 4.73. The molecule has 0 aliphatic rings. The molecule has 2 N–H and O–H groups in total. The monoisotopic (exact) mass is 341 g/mol. The van der Waals surface area contributed by atoms with Crippen molar-refractivity contribution in [3.8, 4) is 5.75 Å². The van der Waals surface area contributed by atoms with Gasteiger partial charge in [-0.3, -0.25) is 0 Å². The highest BCUT2D eigenvalue weighted by Crippen LogP contribution is 2.29. The van der Waals surface area contributed by atoms with Gasteiger partial charge in [0.05, 0.1) is 7.11 Å². The summed E-state index contributed by atoms with van der Waals surface area (Å²) in [6.45, 7) is 0. The lowest BCUT2D eigenvalue weighted by Gasteiger charge is -2.16. The van der Waals surface area contributed by atoms with Crippen molar-refractivity contribution in [1.82, 2.24) is 0 Å². The Labute approximate surface area is 124 Å². The first-order valence-electron chi connectivity index (χ1n) is 6.04. The minimum Gasteiger partial charge on any atom is -0.496 e. The van der Waals surface area contributed by atoms with E-state index in [0.29, 0.717) is 27.8 Å². The van der Waals surface area contributed by atoms with Gasteiger partial charge in [0.25, 0.3) is 0 Å². The van der Waals surface area contributed by atoms with E-state index in [2.05, 4.69) is 15.9 Å². The Bertz CT molecular complexity index is 599. The second-order valence-electron chi connectivity index (χ2n) is 4.44.